The van der Waals surface area contributed by atoms with E-state index in [1.807, 2.05) is 6.92 Å². The normalized spacial score (nSPS) is 28.0. The maximum Gasteiger partial charge on any atom is 0.358 e. The van der Waals surface area contributed by atoms with Crippen molar-refractivity contribution in [1.29, 1.82) is 0 Å². The standard InChI is InChI=1S/C14H15N3O4/c1-2-7-5-8-9(6-7)13(19)17(12(8)18)11-10(14(20)21)15-3-4-16-11/h3-4,7-9H,2,5-6H2,1H3,(H,20,21). The number of anilines is 1. The van der Waals surface area contributed by atoms with Crippen molar-refractivity contribution in [2.75, 3.05) is 4.90 Å². The Bertz CT molecular complexity index is 606. The molecule has 7 nitrogen and oxygen atoms in total. The summed E-state index contributed by atoms with van der Waals surface area (Å²) in [5.41, 5.74) is -0.369. The molecule has 0 radical (unpaired) electrons. The number of imide groups is 1. The molecule has 2 amide bonds. The van der Waals surface area contributed by atoms with E-state index in [9.17, 15) is 14.4 Å². The van der Waals surface area contributed by atoms with Crippen molar-refractivity contribution in [2.45, 2.75) is 26.2 Å². The molecule has 1 aliphatic carbocycles. The average molecular weight is 289 g/mol. The maximum absolute atomic E-state index is 12.5. The van der Waals surface area contributed by atoms with E-state index in [1.54, 1.807) is 0 Å². The molecule has 1 aromatic heterocycles. The molecule has 0 bridgehead atoms. The van der Waals surface area contributed by atoms with Crippen LogP contribution in [0.2, 0.25) is 0 Å². The predicted octanol–water partition coefficient (Wildman–Crippen LogP) is 1.10. The molecule has 2 unspecified atom stereocenters. The molecule has 1 aliphatic heterocycles. The quantitative estimate of drug-likeness (QED) is 0.836. The third kappa shape index (κ3) is 2.00. The largest absolute Gasteiger partial charge is 0.476 e. The Labute approximate surface area is 121 Å². The molecule has 0 aromatic carbocycles. The number of fused-ring (bicyclic) bond motifs is 1. The molecule has 2 fully saturated rings. The van der Waals surface area contributed by atoms with Gasteiger partial charge in [0.25, 0.3) is 0 Å². The SMILES string of the molecule is CCC1CC2C(=O)N(c3nccnc3C(=O)O)C(=O)C2C1. The van der Waals surface area contributed by atoms with Crippen LogP contribution in [0.1, 0.15) is 36.7 Å². The Kier molecular flexibility index (Phi) is 3.19. The van der Waals surface area contributed by atoms with E-state index >= 15 is 0 Å². The molecule has 21 heavy (non-hydrogen) atoms. The van der Waals surface area contributed by atoms with Crippen LogP contribution < -0.4 is 4.90 Å². The smallest absolute Gasteiger partial charge is 0.358 e. The zero-order valence-corrected chi connectivity index (χ0v) is 11.5. The molecule has 1 aromatic rings. The summed E-state index contributed by atoms with van der Waals surface area (Å²) in [6.07, 6.45) is 4.83. The first kappa shape index (κ1) is 13.7. The first-order valence-corrected chi connectivity index (χ1v) is 6.96. The van der Waals surface area contributed by atoms with E-state index in [2.05, 4.69) is 9.97 Å². The lowest BCUT2D eigenvalue weighted by Crippen LogP contribution is -2.34. The van der Waals surface area contributed by atoms with Gasteiger partial charge in [-0.15, -0.1) is 0 Å². The van der Waals surface area contributed by atoms with Crippen LogP contribution in [-0.4, -0.2) is 32.9 Å². The summed E-state index contributed by atoms with van der Waals surface area (Å²) in [4.78, 5) is 44.7. The van der Waals surface area contributed by atoms with Gasteiger partial charge in [-0.3, -0.25) is 9.59 Å². The second kappa shape index (κ2) is 4.91. The summed E-state index contributed by atoms with van der Waals surface area (Å²) in [7, 11) is 0. The van der Waals surface area contributed by atoms with Gasteiger partial charge in [0.05, 0.1) is 11.8 Å². The lowest BCUT2D eigenvalue weighted by molar-refractivity contribution is -0.123. The van der Waals surface area contributed by atoms with Gasteiger partial charge in [-0.05, 0) is 18.8 Å². The maximum atomic E-state index is 12.5. The van der Waals surface area contributed by atoms with Gasteiger partial charge in [0.1, 0.15) is 0 Å². The zero-order chi connectivity index (χ0) is 15.1. The van der Waals surface area contributed by atoms with Crippen molar-refractivity contribution in [2.24, 2.45) is 17.8 Å². The Morgan fingerprint density at radius 1 is 1.24 bits per heavy atom. The molecule has 0 spiro atoms. The minimum Gasteiger partial charge on any atom is -0.476 e. The van der Waals surface area contributed by atoms with E-state index < -0.39 is 5.97 Å². The third-order valence-corrected chi connectivity index (χ3v) is 4.41. The fraction of sp³-hybridized carbons (Fsp3) is 0.500. The highest BCUT2D eigenvalue weighted by Crippen LogP contribution is 2.45. The second-order valence-electron chi connectivity index (χ2n) is 5.50. The molecule has 3 rings (SSSR count). The minimum absolute atomic E-state index is 0.164. The molecule has 2 atom stereocenters. The van der Waals surface area contributed by atoms with Gasteiger partial charge in [0.2, 0.25) is 11.8 Å². The number of carboxylic acid groups (broad SMARTS) is 1. The molecule has 2 aliphatic rings. The van der Waals surface area contributed by atoms with Gasteiger partial charge >= 0.3 is 5.97 Å². The number of hydrogen-bond acceptors (Lipinski definition) is 5. The number of carboxylic acids is 1. The Balaban J connectivity index is 1.98. The van der Waals surface area contributed by atoms with Crippen molar-refractivity contribution in [3.05, 3.63) is 18.1 Å². The Morgan fingerprint density at radius 3 is 2.33 bits per heavy atom. The van der Waals surface area contributed by atoms with Gasteiger partial charge in [-0.1, -0.05) is 13.3 Å². The highest BCUT2D eigenvalue weighted by Gasteiger charge is 2.53. The lowest BCUT2D eigenvalue weighted by atomic mass is 10.00. The average Bonchev–Trinajstić information content (AvgIpc) is 2.99. The Hall–Kier alpha value is -2.31. The number of hydrogen-bond donors (Lipinski definition) is 1. The van der Waals surface area contributed by atoms with Crippen molar-refractivity contribution in [3.63, 3.8) is 0 Å². The van der Waals surface area contributed by atoms with Crippen LogP contribution in [0.15, 0.2) is 12.4 Å². The number of nitrogens with zero attached hydrogens (tertiary/aromatic N) is 3. The Morgan fingerprint density at radius 2 is 1.81 bits per heavy atom. The summed E-state index contributed by atoms with van der Waals surface area (Å²) in [6.45, 7) is 2.05. The van der Waals surface area contributed by atoms with Crippen LogP contribution in [0, 0.1) is 17.8 Å². The first-order valence-electron chi connectivity index (χ1n) is 6.96. The van der Waals surface area contributed by atoms with E-state index in [-0.39, 0.29) is 35.2 Å². The van der Waals surface area contributed by atoms with Gasteiger partial charge in [-0.2, -0.15) is 0 Å². The summed E-state index contributed by atoms with van der Waals surface area (Å²) in [6, 6.07) is 0. The highest BCUT2D eigenvalue weighted by molar-refractivity contribution is 6.23. The number of aromatic carboxylic acids is 1. The number of rotatable bonds is 3. The van der Waals surface area contributed by atoms with Gasteiger partial charge in [0, 0.05) is 12.4 Å². The molecular weight excluding hydrogens is 274 g/mol. The fourth-order valence-corrected chi connectivity index (χ4v) is 3.32. The molecular formula is C14H15N3O4. The number of carbonyl (C=O) groups is 3. The van der Waals surface area contributed by atoms with Gasteiger partial charge in [-0.25, -0.2) is 19.7 Å². The van der Waals surface area contributed by atoms with Crippen LogP contribution >= 0.6 is 0 Å². The summed E-state index contributed by atoms with van der Waals surface area (Å²) in [5, 5.41) is 9.13. The molecule has 1 saturated heterocycles. The van der Waals surface area contributed by atoms with E-state index in [0.29, 0.717) is 18.8 Å². The van der Waals surface area contributed by atoms with Crippen molar-refractivity contribution in [1.82, 2.24) is 9.97 Å². The monoisotopic (exact) mass is 289 g/mol. The van der Waals surface area contributed by atoms with Crippen molar-refractivity contribution >= 4 is 23.6 Å². The van der Waals surface area contributed by atoms with E-state index in [0.717, 1.165) is 11.3 Å². The predicted molar refractivity (Wildman–Crippen MR) is 71.5 cm³/mol. The first-order chi connectivity index (χ1) is 10.0. The summed E-state index contributed by atoms with van der Waals surface area (Å²) in [5.74, 6) is -2.45. The molecule has 7 heteroatoms. The van der Waals surface area contributed by atoms with Crippen LogP contribution in [0.5, 0.6) is 0 Å². The van der Waals surface area contributed by atoms with Crippen molar-refractivity contribution < 1.29 is 19.5 Å². The topological polar surface area (TPSA) is 100 Å². The van der Waals surface area contributed by atoms with Crippen LogP contribution in [0.25, 0.3) is 0 Å². The van der Waals surface area contributed by atoms with E-state index in [1.165, 1.54) is 12.4 Å². The molecule has 1 N–H and O–H groups in total. The molecule has 1 saturated carbocycles. The van der Waals surface area contributed by atoms with Crippen LogP contribution in [0.4, 0.5) is 5.82 Å². The lowest BCUT2D eigenvalue weighted by Gasteiger charge is -2.17. The molecule has 2 heterocycles. The number of aromatic nitrogens is 2. The minimum atomic E-state index is -1.30. The zero-order valence-electron chi connectivity index (χ0n) is 11.5. The highest BCUT2D eigenvalue weighted by atomic mass is 16.4. The number of carbonyl (C=O) groups excluding carboxylic acids is 2. The van der Waals surface area contributed by atoms with Gasteiger partial charge < -0.3 is 5.11 Å². The fourth-order valence-electron chi connectivity index (χ4n) is 3.32. The number of amides is 2. The third-order valence-electron chi connectivity index (χ3n) is 4.41. The summed E-state index contributed by atoms with van der Waals surface area (Å²) < 4.78 is 0. The van der Waals surface area contributed by atoms with E-state index in [4.69, 9.17) is 5.11 Å². The van der Waals surface area contributed by atoms with Crippen LogP contribution in [0.3, 0.4) is 0 Å². The second-order valence-corrected chi connectivity index (χ2v) is 5.50. The summed E-state index contributed by atoms with van der Waals surface area (Å²) >= 11 is 0. The van der Waals surface area contributed by atoms with Crippen molar-refractivity contribution in [3.8, 4) is 0 Å². The van der Waals surface area contributed by atoms with Gasteiger partial charge in [0.15, 0.2) is 11.5 Å². The molecule has 110 valence electrons. The van der Waals surface area contributed by atoms with Crippen LogP contribution in [-0.2, 0) is 9.59 Å².